The lowest BCUT2D eigenvalue weighted by atomic mass is 10.2. The van der Waals surface area contributed by atoms with Crippen LogP contribution in [-0.4, -0.2) is 51.4 Å². The number of ether oxygens (including phenoxy) is 2. The van der Waals surface area contributed by atoms with Gasteiger partial charge in [-0.1, -0.05) is 31.5 Å². The number of rotatable bonds is 9. The monoisotopic (exact) mass is 468 g/mol. The van der Waals surface area contributed by atoms with Gasteiger partial charge in [-0.05, 0) is 42.8 Å². The summed E-state index contributed by atoms with van der Waals surface area (Å²) >= 11 is 5.90. The van der Waals surface area contributed by atoms with Crippen LogP contribution < -0.4 is 10.1 Å². The van der Waals surface area contributed by atoms with Crippen molar-refractivity contribution in [2.45, 2.75) is 25.7 Å². The quantitative estimate of drug-likeness (QED) is 0.565. The summed E-state index contributed by atoms with van der Waals surface area (Å²) in [6.07, 6.45) is 0. The second-order valence-corrected chi connectivity index (χ2v) is 8.88. The molecule has 168 valence electrons. The van der Waals surface area contributed by atoms with Crippen LogP contribution in [0.1, 0.15) is 29.8 Å². The van der Waals surface area contributed by atoms with Crippen LogP contribution in [0, 0.1) is 6.92 Å². The molecule has 2 aromatic carbocycles. The Morgan fingerprint density at radius 2 is 1.77 bits per heavy atom. The van der Waals surface area contributed by atoms with E-state index in [1.807, 2.05) is 0 Å². The molecule has 0 unspecified atom stereocenters. The standard InChI is InChI=1S/C21H25ClN2O6S/c1-5-24(6-2)31(27,28)19-12-16(9-7-14(19)3)23-20(25)13-30-21(26)17-11-15(22)8-10-18(17)29-4/h7-12H,5-6,13H2,1-4H3,(H,23,25). The Morgan fingerprint density at radius 3 is 2.39 bits per heavy atom. The lowest BCUT2D eigenvalue weighted by Crippen LogP contribution is -2.31. The van der Waals surface area contributed by atoms with Gasteiger partial charge >= 0.3 is 5.97 Å². The number of anilines is 1. The Balaban J connectivity index is 2.11. The minimum Gasteiger partial charge on any atom is -0.496 e. The fourth-order valence-electron chi connectivity index (χ4n) is 2.90. The zero-order valence-corrected chi connectivity index (χ0v) is 19.3. The molecule has 0 atom stereocenters. The number of hydrogen-bond acceptors (Lipinski definition) is 6. The molecule has 0 aliphatic carbocycles. The molecule has 2 aromatic rings. The Hall–Kier alpha value is -2.62. The lowest BCUT2D eigenvalue weighted by molar-refractivity contribution is -0.119. The predicted octanol–water partition coefficient (Wildman–Crippen LogP) is 3.48. The predicted molar refractivity (Wildman–Crippen MR) is 118 cm³/mol. The molecule has 0 bridgehead atoms. The van der Waals surface area contributed by atoms with Crippen molar-refractivity contribution in [3.8, 4) is 5.75 Å². The third-order valence-electron chi connectivity index (χ3n) is 4.51. The van der Waals surface area contributed by atoms with Gasteiger partial charge in [-0.3, -0.25) is 4.79 Å². The van der Waals surface area contributed by atoms with Crippen molar-refractivity contribution in [3.63, 3.8) is 0 Å². The molecule has 2 rings (SSSR count). The molecule has 0 aliphatic heterocycles. The zero-order valence-electron chi connectivity index (χ0n) is 17.8. The Bertz CT molecular complexity index is 1070. The number of sulfonamides is 1. The van der Waals surface area contributed by atoms with Gasteiger partial charge in [0.05, 0.1) is 12.0 Å². The van der Waals surface area contributed by atoms with Crippen LogP contribution in [0.5, 0.6) is 5.75 Å². The highest BCUT2D eigenvalue weighted by atomic mass is 35.5. The number of methoxy groups -OCH3 is 1. The second kappa shape index (κ2) is 10.6. The summed E-state index contributed by atoms with van der Waals surface area (Å²) in [5, 5.41) is 2.87. The smallest absolute Gasteiger partial charge is 0.342 e. The first kappa shape index (κ1) is 24.6. The normalized spacial score (nSPS) is 11.3. The fourth-order valence-corrected chi connectivity index (χ4v) is 4.78. The summed E-state index contributed by atoms with van der Waals surface area (Å²) in [5.74, 6) is -1.13. The van der Waals surface area contributed by atoms with E-state index < -0.39 is 28.5 Å². The van der Waals surface area contributed by atoms with Crippen molar-refractivity contribution in [1.82, 2.24) is 4.31 Å². The molecule has 1 N–H and O–H groups in total. The number of aryl methyl sites for hydroxylation is 1. The number of benzene rings is 2. The third-order valence-corrected chi connectivity index (χ3v) is 6.94. The summed E-state index contributed by atoms with van der Waals surface area (Å²) in [6.45, 7) is 5.29. The van der Waals surface area contributed by atoms with E-state index in [0.29, 0.717) is 23.7 Å². The van der Waals surface area contributed by atoms with Gasteiger partial charge in [0.1, 0.15) is 11.3 Å². The summed E-state index contributed by atoms with van der Waals surface area (Å²) < 4.78 is 37.1. The van der Waals surface area contributed by atoms with E-state index in [1.165, 1.54) is 29.6 Å². The second-order valence-electron chi connectivity index (χ2n) is 6.54. The molecule has 1 amide bonds. The van der Waals surface area contributed by atoms with Crippen molar-refractivity contribution in [2.75, 3.05) is 32.1 Å². The topological polar surface area (TPSA) is 102 Å². The maximum atomic E-state index is 12.8. The van der Waals surface area contributed by atoms with Crippen molar-refractivity contribution in [2.24, 2.45) is 0 Å². The first-order chi connectivity index (χ1) is 14.6. The van der Waals surface area contributed by atoms with Gasteiger partial charge in [0.2, 0.25) is 10.0 Å². The van der Waals surface area contributed by atoms with E-state index in [-0.39, 0.29) is 21.9 Å². The van der Waals surface area contributed by atoms with Crippen molar-refractivity contribution >= 4 is 39.2 Å². The molecule has 31 heavy (non-hydrogen) atoms. The van der Waals surface area contributed by atoms with Crippen molar-refractivity contribution in [3.05, 3.63) is 52.5 Å². The van der Waals surface area contributed by atoms with E-state index >= 15 is 0 Å². The van der Waals surface area contributed by atoms with Crippen LogP contribution in [0.15, 0.2) is 41.3 Å². The molecule has 0 heterocycles. The number of halogens is 1. The minimum absolute atomic E-state index is 0.0886. The largest absolute Gasteiger partial charge is 0.496 e. The van der Waals surface area contributed by atoms with E-state index in [2.05, 4.69) is 5.32 Å². The van der Waals surface area contributed by atoms with Gasteiger partial charge in [0.15, 0.2) is 6.61 Å². The van der Waals surface area contributed by atoms with Crippen LogP contribution >= 0.6 is 11.6 Å². The first-order valence-corrected chi connectivity index (χ1v) is 11.4. The molecular weight excluding hydrogens is 444 g/mol. The summed E-state index contributed by atoms with van der Waals surface area (Å²) in [4.78, 5) is 24.6. The van der Waals surface area contributed by atoms with Gasteiger partial charge in [-0.2, -0.15) is 4.31 Å². The van der Waals surface area contributed by atoms with Gasteiger partial charge in [-0.25, -0.2) is 13.2 Å². The minimum atomic E-state index is -3.69. The van der Waals surface area contributed by atoms with E-state index in [9.17, 15) is 18.0 Å². The van der Waals surface area contributed by atoms with Gasteiger partial charge < -0.3 is 14.8 Å². The first-order valence-electron chi connectivity index (χ1n) is 9.55. The fraction of sp³-hybridized carbons (Fsp3) is 0.333. The van der Waals surface area contributed by atoms with Crippen LogP contribution in [0.4, 0.5) is 5.69 Å². The van der Waals surface area contributed by atoms with Crippen molar-refractivity contribution < 1.29 is 27.5 Å². The zero-order chi connectivity index (χ0) is 23.2. The van der Waals surface area contributed by atoms with Crippen LogP contribution in [0.25, 0.3) is 0 Å². The number of nitrogens with one attached hydrogen (secondary N) is 1. The number of carbonyl (C=O) groups excluding carboxylic acids is 2. The molecule has 0 radical (unpaired) electrons. The average Bonchev–Trinajstić information content (AvgIpc) is 2.73. The molecule has 0 aliphatic rings. The Kier molecular flexibility index (Phi) is 8.43. The number of hydrogen-bond donors (Lipinski definition) is 1. The maximum Gasteiger partial charge on any atom is 0.342 e. The number of carbonyl (C=O) groups is 2. The van der Waals surface area contributed by atoms with Crippen LogP contribution in [0.3, 0.4) is 0 Å². The van der Waals surface area contributed by atoms with Gasteiger partial charge in [0, 0.05) is 23.8 Å². The van der Waals surface area contributed by atoms with Gasteiger partial charge in [0.25, 0.3) is 5.91 Å². The summed E-state index contributed by atoms with van der Waals surface area (Å²) in [6, 6.07) is 9.03. The van der Waals surface area contributed by atoms with E-state index in [4.69, 9.17) is 21.1 Å². The summed E-state index contributed by atoms with van der Waals surface area (Å²) in [5.41, 5.74) is 0.924. The Labute approximate surface area is 187 Å². The molecule has 0 aromatic heterocycles. The molecule has 10 heteroatoms. The highest BCUT2D eigenvalue weighted by molar-refractivity contribution is 7.89. The van der Waals surface area contributed by atoms with E-state index in [1.54, 1.807) is 39.0 Å². The van der Waals surface area contributed by atoms with Crippen LogP contribution in [-0.2, 0) is 19.6 Å². The highest BCUT2D eigenvalue weighted by Gasteiger charge is 2.24. The average molecular weight is 469 g/mol. The van der Waals surface area contributed by atoms with Crippen molar-refractivity contribution in [1.29, 1.82) is 0 Å². The molecule has 0 fully saturated rings. The van der Waals surface area contributed by atoms with Crippen LogP contribution in [0.2, 0.25) is 5.02 Å². The van der Waals surface area contributed by atoms with Gasteiger partial charge in [-0.15, -0.1) is 0 Å². The lowest BCUT2D eigenvalue weighted by Gasteiger charge is -2.20. The molecule has 0 saturated heterocycles. The summed E-state index contributed by atoms with van der Waals surface area (Å²) in [7, 11) is -2.30. The molecule has 0 spiro atoms. The van der Waals surface area contributed by atoms with E-state index in [0.717, 1.165) is 0 Å². The Morgan fingerprint density at radius 1 is 1.10 bits per heavy atom. The number of nitrogens with zero attached hydrogens (tertiary/aromatic N) is 1. The molecule has 0 saturated carbocycles. The number of amides is 1. The molecule has 8 nitrogen and oxygen atoms in total. The highest BCUT2D eigenvalue weighted by Crippen LogP contribution is 2.25. The third kappa shape index (κ3) is 5.96. The number of esters is 1. The maximum absolute atomic E-state index is 12.8. The SMILES string of the molecule is CCN(CC)S(=O)(=O)c1cc(NC(=O)COC(=O)c2cc(Cl)ccc2OC)ccc1C. The molecular formula is C21H25ClN2O6S.